The molecule has 2 aliphatic heterocycles. The highest BCUT2D eigenvalue weighted by molar-refractivity contribution is 6.04. The molecule has 14 heteroatoms. The van der Waals surface area contributed by atoms with Crippen LogP contribution in [0.5, 0.6) is 0 Å². The van der Waals surface area contributed by atoms with Crippen molar-refractivity contribution in [3.8, 4) is 0 Å². The van der Waals surface area contributed by atoms with Crippen LogP contribution in [-0.2, 0) is 9.59 Å². The molecule has 0 radical (unpaired) electrons. The Hall–Kier alpha value is -2.54. The quantitative estimate of drug-likeness (QED) is 0.603. The van der Waals surface area contributed by atoms with Crippen molar-refractivity contribution in [1.29, 1.82) is 0 Å². The Bertz CT molecular complexity index is 522. The number of hydrogen-bond donors (Lipinski definition) is 2. The summed E-state index contributed by atoms with van der Waals surface area (Å²) < 4.78 is 74.0. The second-order valence-electron chi connectivity index (χ2n) is 4.13. The minimum absolute atomic E-state index is 0.508. The van der Waals surface area contributed by atoms with Crippen molar-refractivity contribution in [1.82, 2.24) is 20.4 Å². The fourth-order valence-electron chi connectivity index (χ4n) is 1.92. The van der Waals surface area contributed by atoms with Crippen LogP contribution in [0.25, 0.3) is 0 Å². The van der Waals surface area contributed by atoms with Gasteiger partial charge in [0.05, 0.1) is 0 Å². The monoisotopic (exact) mass is 334 g/mol. The molecule has 2 unspecified atom stereocenters. The van der Waals surface area contributed by atoms with Gasteiger partial charge in [-0.05, 0) is 0 Å². The van der Waals surface area contributed by atoms with E-state index in [0.717, 1.165) is 0 Å². The summed E-state index contributed by atoms with van der Waals surface area (Å²) in [4.78, 5) is 43.8. The van der Waals surface area contributed by atoms with Crippen molar-refractivity contribution in [2.75, 3.05) is 0 Å². The van der Waals surface area contributed by atoms with Gasteiger partial charge < -0.3 is 10.6 Å². The van der Waals surface area contributed by atoms with Gasteiger partial charge in [-0.15, -0.1) is 0 Å². The van der Waals surface area contributed by atoms with Gasteiger partial charge in [0, 0.05) is 0 Å². The number of carbonyl (C=O) groups is 4. The Morgan fingerprint density at radius 1 is 0.773 bits per heavy atom. The molecule has 0 bridgehead atoms. The van der Waals surface area contributed by atoms with Gasteiger partial charge in [0.15, 0.2) is 12.3 Å². The van der Waals surface area contributed by atoms with E-state index in [-0.39, 0.29) is 0 Å². The maximum Gasteiger partial charge on any atom is 0.471 e. The van der Waals surface area contributed by atoms with E-state index in [9.17, 15) is 45.5 Å². The van der Waals surface area contributed by atoms with Crippen LogP contribution in [-0.4, -0.2) is 58.4 Å². The summed E-state index contributed by atoms with van der Waals surface area (Å²) in [5.74, 6) is -5.39. The van der Waals surface area contributed by atoms with Gasteiger partial charge in [-0.2, -0.15) is 26.3 Å². The second-order valence-corrected chi connectivity index (χ2v) is 4.13. The molecule has 2 N–H and O–H groups in total. The molecule has 0 aromatic carbocycles. The van der Waals surface area contributed by atoms with Gasteiger partial charge in [0.25, 0.3) is 0 Å². The molecule has 6 amide bonds. The van der Waals surface area contributed by atoms with Crippen molar-refractivity contribution >= 4 is 23.9 Å². The number of hydrogen-bond acceptors (Lipinski definition) is 4. The number of alkyl halides is 6. The van der Waals surface area contributed by atoms with Crippen LogP contribution >= 0.6 is 0 Å². The molecule has 0 aliphatic carbocycles. The molecule has 8 nitrogen and oxygen atoms in total. The predicted molar refractivity (Wildman–Crippen MR) is 50.4 cm³/mol. The second kappa shape index (κ2) is 4.48. The maximum atomic E-state index is 12.3. The number of carbonyl (C=O) groups excluding carboxylic acids is 4. The normalized spacial score (nSPS) is 25.0. The van der Waals surface area contributed by atoms with Gasteiger partial charge in [0.2, 0.25) is 0 Å². The van der Waals surface area contributed by atoms with E-state index in [2.05, 4.69) is 0 Å². The van der Waals surface area contributed by atoms with Gasteiger partial charge in [-0.3, -0.25) is 9.59 Å². The fourth-order valence-corrected chi connectivity index (χ4v) is 1.92. The first-order chi connectivity index (χ1) is 9.85. The molecule has 0 aromatic heterocycles. The van der Waals surface area contributed by atoms with E-state index >= 15 is 0 Å². The van der Waals surface area contributed by atoms with Crippen LogP contribution in [0.4, 0.5) is 35.9 Å². The first kappa shape index (κ1) is 15.8. The minimum atomic E-state index is -5.50. The highest BCUT2D eigenvalue weighted by Crippen LogP contribution is 2.30. The molecule has 0 saturated carbocycles. The Labute approximate surface area is 116 Å². The topological polar surface area (TPSA) is 98.8 Å². The average Bonchev–Trinajstić information content (AvgIpc) is 2.78. The molecule has 0 spiro atoms. The van der Waals surface area contributed by atoms with Gasteiger partial charge in [-0.1, -0.05) is 0 Å². The van der Waals surface area contributed by atoms with Crippen LogP contribution in [0.2, 0.25) is 0 Å². The lowest BCUT2D eigenvalue weighted by Gasteiger charge is -2.21. The summed E-state index contributed by atoms with van der Waals surface area (Å²) in [6.07, 6.45) is -15.2. The molecule has 22 heavy (non-hydrogen) atoms. The van der Waals surface area contributed by atoms with E-state index in [1.807, 2.05) is 0 Å². The first-order valence-electron chi connectivity index (χ1n) is 5.27. The van der Waals surface area contributed by atoms with E-state index in [0.29, 0.717) is 0 Å². The zero-order chi connectivity index (χ0) is 17.0. The van der Waals surface area contributed by atoms with Crippen LogP contribution in [0.15, 0.2) is 0 Å². The van der Waals surface area contributed by atoms with Crippen molar-refractivity contribution < 1.29 is 45.5 Å². The number of imide groups is 2. The highest BCUT2D eigenvalue weighted by atomic mass is 19.4. The van der Waals surface area contributed by atoms with Crippen molar-refractivity contribution in [3.05, 3.63) is 0 Å². The summed E-state index contributed by atoms with van der Waals surface area (Å²) in [6.45, 7) is 0. The predicted octanol–water partition coefficient (Wildman–Crippen LogP) is -0.133. The van der Waals surface area contributed by atoms with Crippen LogP contribution < -0.4 is 10.6 Å². The zero-order valence-electron chi connectivity index (χ0n) is 9.95. The first-order valence-corrected chi connectivity index (χ1v) is 5.27. The maximum absolute atomic E-state index is 12.3. The molecular formula is C8H4F6N4O4. The lowest BCUT2D eigenvalue weighted by atomic mass is 10.3. The van der Waals surface area contributed by atoms with Crippen molar-refractivity contribution in [2.45, 2.75) is 24.7 Å². The molecule has 2 saturated heterocycles. The summed E-state index contributed by atoms with van der Waals surface area (Å²) in [7, 11) is 0. The van der Waals surface area contributed by atoms with E-state index in [4.69, 9.17) is 0 Å². The largest absolute Gasteiger partial charge is 0.471 e. The average molecular weight is 334 g/mol. The molecule has 2 atom stereocenters. The summed E-state index contributed by atoms with van der Waals surface area (Å²) in [5, 5.41) is 3.08. The van der Waals surface area contributed by atoms with Gasteiger partial charge in [-0.25, -0.2) is 19.4 Å². The molecule has 0 aromatic rings. The molecule has 2 aliphatic rings. The van der Waals surface area contributed by atoms with E-state index in [1.54, 1.807) is 10.6 Å². The number of rotatable bonds is 0. The summed E-state index contributed by atoms with van der Waals surface area (Å²) >= 11 is 0. The molecular weight excluding hydrogens is 330 g/mol. The van der Waals surface area contributed by atoms with Crippen molar-refractivity contribution in [2.24, 2.45) is 0 Å². The zero-order valence-corrected chi connectivity index (χ0v) is 9.95. The summed E-state index contributed by atoms with van der Waals surface area (Å²) in [6, 6.07) is -3.39. The number of nitrogens with zero attached hydrogens (tertiary/aromatic N) is 2. The number of fused-ring (bicyclic) bond motifs is 1. The van der Waals surface area contributed by atoms with E-state index in [1.165, 1.54) is 0 Å². The van der Waals surface area contributed by atoms with Gasteiger partial charge in [0.1, 0.15) is 0 Å². The molecule has 122 valence electrons. The summed E-state index contributed by atoms with van der Waals surface area (Å²) in [5.41, 5.74) is 0. The standard InChI is InChI=1S/C8H4F6N4O4/c9-7(10,11)3(19)17-1-2(16-6(17)22)18(5(21)15-1)4(20)8(12,13)14/h1-2H,(H,15,21)(H,16,22). The third-order valence-electron chi connectivity index (χ3n) is 2.76. The van der Waals surface area contributed by atoms with Crippen molar-refractivity contribution in [3.63, 3.8) is 0 Å². The Morgan fingerprint density at radius 3 is 1.27 bits per heavy atom. The Morgan fingerprint density at radius 2 is 1.05 bits per heavy atom. The Kier molecular flexibility index (Phi) is 3.22. The fraction of sp³-hybridized carbons (Fsp3) is 0.500. The number of nitrogens with one attached hydrogen (secondary N) is 2. The molecule has 2 heterocycles. The minimum Gasteiger partial charge on any atom is -0.313 e. The lowest BCUT2D eigenvalue weighted by molar-refractivity contribution is -0.185. The van der Waals surface area contributed by atoms with Crippen LogP contribution in [0.1, 0.15) is 0 Å². The third kappa shape index (κ3) is 2.29. The van der Waals surface area contributed by atoms with Crippen LogP contribution in [0.3, 0.4) is 0 Å². The Balaban J connectivity index is 2.33. The molecule has 2 fully saturated rings. The number of urea groups is 2. The number of halogens is 6. The SMILES string of the molecule is O=C1NC2C(NC(=O)N2C(=O)C(F)(F)F)N1C(=O)C(F)(F)F. The third-order valence-corrected chi connectivity index (χ3v) is 2.76. The van der Waals surface area contributed by atoms with E-state index < -0.39 is 58.4 Å². The highest BCUT2D eigenvalue weighted by Gasteiger charge is 2.61. The molecule has 2 rings (SSSR count). The lowest BCUT2D eigenvalue weighted by Crippen LogP contribution is -2.51. The van der Waals surface area contributed by atoms with Crippen LogP contribution in [0, 0.1) is 0 Å². The van der Waals surface area contributed by atoms with Gasteiger partial charge >= 0.3 is 36.2 Å². The smallest absolute Gasteiger partial charge is 0.313 e. The number of amides is 6.